The van der Waals surface area contributed by atoms with Gasteiger partial charge in [0.15, 0.2) is 0 Å². The van der Waals surface area contributed by atoms with E-state index in [1.165, 1.54) is 11.3 Å². The second-order valence-corrected chi connectivity index (χ2v) is 6.74. The average Bonchev–Trinajstić information content (AvgIpc) is 2.45. The molecular formula is C16H28N2OS. The first kappa shape index (κ1) is 17.2. The molecule has 1 N–H and O–H groups in total. The summed E-state index contributed by atoms with van der Waals surface area (Å²) in [6.45, 7) is 9.46. The number of hydrogen-bond donors (Lipinski definition) is 1. The van der Waals surface area contributed by atoms with E-state index in [1.807, 2.05) is 0 Å². The third-order valence-electron chi connectivity index (χ3n) is 3.56. The SMILES string of the molecule is CCN(CC)c1ccc(CNC(C)CCS(C)=O)cc1. The van der Waals surface area contributed by atoms with Crippen molar-refractivity contribution in [2.24, 2.45) is 0 Å². The number of benzene rings is 1. The fourth-order valence-electron chi connectivity index (χ4n) is 2.15. The van der Waals surface area contributed by atoms with Crippen LogP contribution in [0.4, 0.5) is 5.69 Å². The van der Waals surface area contributed by atoms with Gasteiger partial charge in [-0.3, -0.25) is 4.21 Å². The van der Waals surface area contributed by atoms with Crippen LogP contribution < -0.4 is 10.2 Å². The minimum absolute atomic E-state index is 0.404. The van der Waals surface area contributed by atoms with Crippen molar-refractivity contribution in [1.29, 1.82) is 0 Å². The van der Waals surface area contributed by atoms with Gasteiger partial charge in [-0.05, 0) is 44.9 Å². The Kier molecular flexibility index (Phi) is 7.85. The fourth-order valence-corrected chi connectivity index (χ4v) is 2.84. The lowest BCUT2D eigenvalue weighted by molar-refractivity contribution is 0.535. The zero-order valence-electron chi connectivity index (χ0n) is 13.2. The highest BCUT2D eigenvalue weighted by Gasteiger charge is 2.04. The van der Waals surface area contributed by atoms with Crippen molar-refractivity contribution >= 4 is 16.5 Å². The van der Waals surface area contributed by atoms with Crippen molar-refractivity contribution in [2.45, 2.75) is 39.8 Å². The lowest BCUT2D eigenvalue weighted by Gasteiger charge is -2.21. The van der Waals surface area contributed by atoms with E-state index in [-0.39, 0.29) is 0 Å². The Labute approximate surface area is 126 Å². The van der Waals surface area contributed by atoms with Gasteiger partial charge in [-0.25, -0.2) is 0 Å². The van der Waals surface area contributed by atoms with E-state index >= 15 is 0 Å². The van der Waals surface area contributed by atoms with Crippen LogP contribution in [0.1, 0.15) is 32.8 Å². The van der Waals surface area contributed by atoms with Crippen molar-refractivity contribution in [1.82, 2.24) is 5.32 Å². The lowest BCUT2D eigenvalue weighted by Crippen LogP contribution is -2.27. The van der Waals surface area contributed by atoms with Gasteiger partial charge in [0.2, 0.25) is 0 Å². The van der Waals surface area contributed by atoms with E-state index in [4.69, 9.17) is 0 Å². The molecule has 0 spiro atoms. The largest absolute Gasteiger partial charge is 0.372 e. The molecule has 0 amide bonds. The maximum Gasteiger partial charge on any atom is 0.0366 e. The first-order valence-corrected chi connectivity index (χ1v) is 9.16. The minimum Gasteiger partial charge on any atom is -0.372 e. The molecule has 1 aromatic rings. The van der Waals surface area contributed by atoms with Crippen LogP contribution in [0.15, 0.2) is 24.3 Å². The molecule has 0 radical (unpaired) electrons. The monoisotopic (exact) mass is 296 g/mol. The van der Waals surface area contributed by atoms with Crippen LogP contribution in [-0.2, 0) is 17.3 Å². The van der Waals surface area contributed by atoms with Crippen LogP contribution in [-0.4, -0.2) is 35.3 Å². The minimum atomic E-state index is -0.690. The molecule has 3 nitrogen and oxygen atoms in total. The van der Waals surface area contributed by atoms with Crippen molar-refractivity contribution in [3.8, 4) is 0 Å². The smallest absolute Gasteiger partial charge is 0.0366 e. The number of nitrogens with zero attached hydrogens (tertiary/aromatic N) is 1. The van der Waals surface area contributed by atoms with E-state index in [9.17, 15) is 4.21 Å². The zero-order valence-corrected chi connectivity index (χ0v) is 14.0. The first-order chi connectivity index (χ1) is 9.56. The van der Waals surface area contributed by atoms with Crippen LogP contribution in [0, 0.1) is 0 Å². The van der Waals surface area contributed by atoms with Gasteiger partial charge in [-0.2, -0.15) is 0 Å². The van der Waals surface area contributed by atoms with Gasteiger partial charge >= 0.3 is 0 Å². The summed E-state index contributed by atoms with van der Waals surface area (Å²) in [5, 5.41) is 3.48. The van der Waals surface area contributed by atoms with Crippen molar-refractivity contribution < 1.29 is 4.21 Å². The number of rotatable bonds is 9. The highest BCUT2D eigenvalue weighted by molar-refractivity contribution is 7.84. The Bertz CT molecular complexity index is 401. The molecule has 20 heavy (non-hydrogen) atoms. The van der Waals surface area contributed by atoms with Crippen LogP contribution in [0.2, 0.25) is 0 Å². The Morgan fingerprint density at radius 3 is 2.30 bits per heavy atom. The fraction of sp³-hybridized carbons (Fsp3) is 0.625. The summed E-state index contributed by atoms with van der Waals surface area (Å²) in [4.78, 5) is 2.34. The predicted molar refractivity (Wildman–Crippen MR) is 89.9 cm³/mol. The molecule has 0 aliphatic rings. The molecule has 0 heterocycles. The standard InChI is InChI=1S/C16H28N2OS/c1-5-18(6-2)16-9-7-15(8-10-16)13-17-14(3)11-12-20(4)19/h7-10,14,17H,5-6,11-13H2,1-4H3. The van der Waals surface area contributed by atoms with Crippen LogP contribution >= 0.6 is 0 Å². The molecule has 0 aliphatic heterocycles. The van der Waals surface area contributed by atoms with E-state index in [0.717, 1.165) is 31.8 Å². The molecule has 0 saturated heterocycles. The number of nitrogens with one attached hydrogen (secondary N) is 1. The Morgan fingerprint density at radius 1 is 1.20 bits per heavy atom. The summed E-state index contributed by atoms with van der Waals surface area (Å²) in [7, 11) is -0.690. The summed E-state index contributed by atoms with van der Waals surface area (Å²) >= 11 is 0. The Morgan fingerprint density at radius 2 is 1.80 bits per heavy atom. The molecule has 1 aromatic carbocycles. The maximum atomic E-state index is 11.1. The van der Waals surface area contributed by atoms with Gasteiger partial charge < -0.3 is 10.2 Å². The highest BCUT2D eigenvalue weighted by atomic mass is 32.2. The second-order valence-electron chi connectivity index (χ2n) is 5.19. The maximum absolute atomic E-state index is 11.1. The Balaban J connectivity index is 2.43. The lowest BCUT2D eigenvalue weighted by atomic mass is 10.1. The van der Waals surface area contributed by atoms with Crippen molar-refractivity contribution in [3.05, 3.63) is 29.8 Å². The van der Waals surface area contributed by atoms with Gasteiger partial charge in [0.05, 0.1) is 0 Å². The van der Waals surface area contributed by atoms with E-state index in [0.29, 0.717) is 6.04 Å². The van der Waals surface area contributed by atoms with Gasteiger partial charge in [-0.1, -0.05) is 12.1 Å². The summed E-state index contributed by atoms with van der Waals surface area (Å²) < 4.78 is 11.1. The average molecular weight is 296 g/mol. The summed E-state index contributed by atoms with van der Waals surface area (Å²) in [5.74, 6) is 0.773. The normalized spacial score (nSPS) is 14.0. The molecule has 2 unspecified atom stereocenters. The number of anilines is 1. The summed E-state index contributed by atoms with van der Waals surface area (Å²) in [5.41, 5.74) is 2.58. The Hall–Kier alpha value is -0.870. The van der Waals surface area contributed by atoms with Crippen LogP contribution in [0.3, 0.4) is 0 Å². The van der Waals surface area contributed by atoms with Gasteiger partial charge in [-0.15, -0.1) is 0 Å². The van der Waals surface area contributed by atoms with Gasteiger partial charge in [0.1, 0.15) is 0 Å². The predicted octanol–water partition coefficient (Wildman–Crippen LogP) is 2.78. The summed E-state index contributed by atoms with van der Waals surface area (Å²) in [6, 6.07) is 9.16. The molecule has 4 heteroatoms. The highest BCUT2D eigenvalue weighted by Crippen LogP contribution is 2.14. The first-order valence-electron chi connectivity index (χ1n) is 7.44. The summed E-state index contributed by atoms with van der Waals surface area (Å²) in [6.07, 6.45) is 2.72. The van der Waals surface area contributed by atoms with Gasteiger partial charge in [0, 0.05) is 54.2 Å². The quantitative estimate of drug-likeness (QED) is 0.760. The number of hydrogen-bond acceptors (Lipinski definition) is 3. The molecule has 1 rings (SSSR count). The van der Waals surface area contributed by atoms with E-state index < -0.39 is 10.8 Å². The molecule has 0 aromatic heterocycles. The third-order valence-corrected chi connectivity index (χ3v) is 4.37. The molecule has 0 aliphatic carbocycles. The molecular weight excluding hydrogens is 268 g/mol. The van der Waals surface area contributed by atoms with Crippen LogP contribution in [0.5, 0.6) is 0 Å². The molecule has 114 valence electrons. The van der Waals surface area contributed by atoms with E-state index in [2.05, 4.69) is 55.3 Å². The molecule has 0 fully saturated rings. The van der Waals surface area contributed by atoms with Crippen molar-refractivity contribution in [3.63, 3.8) is 0 Å². The third kappa shape index (κ3) is 6.06. The van der Waals surface area contributed by atoms with Gasteiger partial charge in [0.25, 0.3) is 0 Å². The van der Waals surface area contributed by atoms with Crippen molar-refractivity contribution in [2.75, 3.05) is 30.0 Å². The van der Waals surface area contributed by atoms with Crippen LogP contribution in [0.25, 0.3) is 0 Å². The molecule has 0 bridgehead atoms. The van der Waals surface area contributed by atoms with E-state index in [1.54, 1.807) is 6.26 Å². The second kappa shape index (κ2) is 9.14. The molecule has 0 saturated carbocycles. The topological polar surface area (TPSA) is 32.3 Å². The zero-order chi connectivity index (χ0) is 15.0. The molecule has 2 atom stereocenters.